The number of nitrogens with one attached hydrogen (secondary N) is 2. The number of hydrogen-bond donors (Lipinski definition) is 2. The molecule has 4 atom stereocenters. The van der Waals surface area contributed by atoms with E-state index in [1.165, 1.54) is 10.6 Å². The molecule has 4 aliphatic rings. The minimum Gasteiger partial charge on any atom is -0.497 e. The molecule has 2 fully saturated rings. The van der Waals surface area contributed by atoms with Gasteiger partial charge in [0.25, 0.3) is 0 Å². The molecule has 30 heavy (non-hydrogen) atoms. The summed E-state index contributed by atoms with van der Waals surface area (Å²) in [7, 11) is 1.71. The number of anilines is 1. The molecule has 2 aromatic rings. The minimum atomic E-state index is 0.308. The van der Waals surface area contributed by atoms with Crippen molar-refractivity contribution in [2.75, 3.05) is 25.5 Å². The van der Waals surface area contributed by atoms with Crippen LogP contribution in [0.2, 0.25) is 0 Å². The lowest BCUT2D eigenvalue weighted by molar-refractivity contribution is 0.399. The van der Waals surface area contributed by atoms with E-state index in [-0.39, 0.29) is 0 Å². The highest BCUT2D eigenvalue weighted by molar-refractivity contribution is 8.01. The van der Waals surface area contributed by atoms with Crippen molar-refractivity contribution in [3.8, 4) is 5.75 Å². The fourth-order valence-corrected chi connectivity index (χ4v) is 6.16. The third-order valence-corrected chi connectivity index (χ3v) is 8.03. The lowest BCUT2D eigenvalue weighted by atomic mass is 9.91. The summed E-state index contributed by atoms with van der Waals surface area (Å²) < 4.78 is 10.8. The van der Waals surface area contributed by atoms with Gasteiger partial charge in [0.1, 0.15) is 11.6 Å². The highest BCUT2D eigenvalue weighted by Gasteiger charge is 2.57. The van der Waals surface area contributed by atoms with Crippen molar-refractivity contribution in [3.63, 3.8) is 0 Å². The first-order valence-electron chi connectivity index (χ1n) is 10.9. The highest BCUT2D eigenvalue weighted by Crippen LogP contribution is 2.49. The Morgan fingerprint density at radius 2 is 2.00 bits per heavy atom. The summed E-state index contributed by atoms with van der Waals surface area (Å²) >= 11 is 1.77. The first-order valence-corrected chi connectivity index (χ1v) is 11.8. The Labute approximate surface area is 181 Å². The number of benzene rings is 1. The summed E-state index contributed by atoms with van der Waals surface area (Å²) in [6.45, 7) is 5.43. The van der Waals surface area contributed by atoms with Crippen molar-refractivity contribution in [2.45, 2.75) is 44.3 Å². The minimum absolute atomic E-state index is 0.308. The van der Waals surface area contributed by atoms with Crippen LogP contribution in [0.4, 0.5) is 5.95 Å². The van der Waals surface area contributed by atoms with Crippen molar-refractivity contribution in [1.82, 2.24) is 24.4 Å². The monoisotopic (exact) mass is 424 g/mol. The van der Waals surface area contributed by atoms with Crippen molar-refractivity contribution in [3.05, 3.63) is 46.8 Å². The van der Waals surface area contributed by atoms with Gasteiger partial charge in [0.2, 0.25) is 5.95 Å². The third kappa shape index (κ3) is 3.17. The van der Waals surface area contributed by atoms with Crippen LogP contribution in [0, 0.1) is 11.8 Å². The first-order chi connectivity index (χ1) is 14.7. The number of fused-ring (bicyclic) bond motifs is 2. The van der Waals surface area contributed by atoms with E-state index >= 15 is 0 Å². The van der Waals surface area contributed by atoms with Crippen LogP contribution in [-0.2, 0) is 6.54 Å². The molecule has 2 N–H and O–H groups in total. The number of rotatable bonds is 5. The lowest BCUT2D eigenvalue weighted by Gasteiger charge is -2.22. The summed E-state index contributed by atoms with van der Waals surface area (Å²) in [6.07, 6.45) is 4.59. The van der Waals surface area contributed by atoms with E-state index in [0.29, 0.717) is 29.8 Å². The maximum absolute atomic E-state index is 5.31. The van der Waals surface area contributed by atoms with Crippen molar-refractivity contribution in [2.24, 2.45) is 11.8 Å². The van der Waals surface area contributed by atoms with E-state index < -0.39 is 0 Å². The van der Waals surface area contributed by atoms with E-state index in [1.54, 1.807) is 19.1 Å². The summed E-state index contributed by atoms with van der Waals surface area (Å²) in [5.74, 6) is 4.52. The van der Waals surface area contributed by atoms with Crippen LogP contribution in [0.1, 0.15) is 37.1 Å². The van der Waals surface area contributed by atoms with Crippen molar-refractivity contribution in [1.29, 1.82) is 0 Å². The average Bonchev–Trinajstić information content (AvgIpc) is 3.22. The number of ether oxygens (including phenoxy) is 1. The maximum atomic E-state index is 5.31. The van der Waals surface area contributed by atoms with Gasteiger partial charge in [-0.15, -0.1) is 5.10 Å². The Hall–Kier alpha value is -2.19. The van der Waals surface area contributed by atoms with Gasteiger partial charge in [-0.25, -0.2) is 4.68 Å². The van der Waals surface area contributed by atoms with Crippen LogP contribution in [0.5, 0.6) is 5.75 Å². The average molecular weight is 425 g/mol. The standard InChI is InChI=1S/C22H28N6OS/c1-13-10-19(30-26-13)27-11-17-18(12-27)20(17)23-22-24-21-16(4-3-9-28(21)25-22)14-5-7-15(29-2)8-6-14/h5-8,10,13,16-18,20,26H,3-4,9,11-12H2,1-2H3,(H,23,25). The molecule has 158 valence electrons. The van der Waals surface area contributed by atoms with Gasteiger partial charge in [-0.3, -0.25) is 4.72 Å². The zero-order chi connectivity index (χ0) is 20.2. The summed E-state index contributed by atoms with van der Waals surface area (Å²) in [5, 5.41) is 9.85. The molecule has 4 heterocycles. The van der Waals surface area contributed by atoms with Gasteiger partial charge in [-0.1, -0.05) is 12.1 Å². The molecule has 0 amide bonds. The summed E-state index contributed by atoms with van der Waals surface area (Å²) in [5.41, 5.74) is 1.29. The normalized spacial score (nSPS) is 31.9. The molecule has 3 aliphatic heterocycles. The van der Waals surface area contributed by atoms with E-state index in [4.69, 9.17) is 14.8 Å². The largest absolute Gasteiger partial charge is 0.497 e. The quantitative estimate of drug-likeness (QED) is 0.715. The zero-order valence-corrected chi connectivity index (χ0v) is 18.2. The van der Waals surface area contributed by atoms with Crippen LogP contribution in [-0.4, -0.2) is 51.9 Å². The Balaban J connectivity index is 1.13. The molecule has 6 rings (SSSR count). The molecule has 0 radical (unpaired) electrons. The molecule has 1 aromatic carbocycles. The Morgan fingerprint density at radius 1 is 1.20 bits per heavy atom. The van der Waals surface area contributed by atoms with Crippen molar-refractivity contribution >= 4 is 17.9 Å². The second-order valence-corrected chi connectivity index (χ2v) is 9.76. The molecule has 0 bridgehead atoms. The molecule has 1 aromatic heterocycles. The Bertz CT molecular complexity index is 961. The molecule has 1 aliphatic carbocycles. The van der Waals surface area contributed by atoms with E-state index in [9.17, 15) is 0 Å². The van der Waals surface area contributed by atoms with E-state index in [0.717, 1.165) is 50.0 Å². The van der Waals surface area contributed by atoms with E-state index in [1.807, 2.05) is 12.1 Å². The van der Waals surface area contributed by atoms with Crippen LogP contribution in [0.3, 0.4) is 0 Å². The summed E-state index contributed by atoms with van der Waals surface area (Å²) in [6, 6.07) is 9.38. The molecule has 7 nitrogen and oxygen atoms in total. The van der Waals surface area contributed by atoms with Crippen LogP contribution >= 0.6 is 11.9 Å². The first kappa shape index (κ1) is 18.6. The fourth-order valence-electron chi connectivity index (χ4n) is 5.24. The number of likely N-dealkylation sites (tertiary alicyclic amines) is 1. The number of piperidine rings is 1. The Kier molecular flexibility index (Phi) is 4.46. The summed E-state index contributed by atoms with van der Waals surface area (Å²) in [4.78, 5) is 7.46. The number of hydrogen-bond acceptors (Lipinski definition) is 7. The second kappa shape index (κ2) is 7.20. The van der Waals surface area contributed by atoms with Crippen LogP contribution in [0.25, 0.3) is 0 Å². The van der Waals surface area contributed by atoms with Gasteiger partial charge in [0, 0.05) is 49.5 Å². The second-order valence-electron chi connectivity index (χ2n) is 8.90. The van der Waals surface area contributed by atoms with Gasteiger partial charge in [0.15, 0.2) is 0 Å². The molecule has 4 unspecified atom stereocenters. The van der Waals surface area contributed by atoms with E-state index in [2.05, 4.69) is 44.8 Å². The zero-order valence-electron chi connectivity index (χ0n) is 17.4. The molecule has 1 saturated carbocycles. The molecular formula is C22H28N6OS. The predicted molar refractivity (Wildman–Crippen MR) is 118 cm³/mol. The Morgan fingerprint density at radius 3 is 2.70 bits per heavy atom. The van der Waals surface area contributed by atoms with Gasteiger partial charge >= 0.3 is 0 Å². The van der Waals surface area contributed by atoms with Gasteiger partial charge in [-0.05, 0) is 55.5 Å². The van der Waals surface area contributed by atoms with Crippen molar-refractivity contribution < 1.29 is 4.74 Å². The third-order valence-electron chi connectivity index (χ3n) is 6.94. The molecule has 1 saturated heterocycles. The van der Waals surface area contributed by atoms with Crippen LogP contribution < -0.4 is 14.8 Å². The van der Waals surface area contributed by atoms with Gasteiger partial charge < -0.3 is 15.0 Å². The number of aryl methyl sites for hydroxylation is 1. The number of aromatic nitrogens is 3. The topological polar surface area (TPSA) is 67.2 Å². The predicted octanol–water partition coefficient (Wildman–Crippen LogP) is 3.04. The fraction of sp³-hybridized carbons (Fsp3) is 0.545. The molecule has 0 spiro atoms. The SMILES string of the molecule is COc1ccc(C2CCCn3nc(NC4C5CN(C6=CC(C)NS6)CC54)nc32)cc1. The number of nitrogens with zero attached hydrogens (tertiary/aromatic N) is 4. The smallest absolute Gasteiger partial charge is 0.242 e. The lowest BCUT2D eigenvalue weighted by Crippen LogP contribution is -2.26. The molecular weight excluding hydrogens is 396 g/mol. The van der Waals surface area contributed by atoms with Crippen LogP contribution in [0.15, 0.2) is 35.4 Å². The maximum Gasteiger partial charge on any atom is 0.242 e. The highest BCUT2D eigenvalue weighted by atomic mass is 32.2. The van der Waals surface area contributed by atoms with Gasteiger partial charge in [0.05, 0.1) is 12.1 Å². The number of methoxy groups -OCH3 is 1. The van der Waals surface area contributed by atoms with Gasteiger partial charge in [-0.2, -0.15) is 4.98 Å². The molecule has 8 heteroatoms.